The van der Waals surface area contributed by atoms with Crippen molar-refractivity contribution in [2.75, 3.05) is 0 Å². The van der Waals surface area contributed by atoms with Crippen molar-refractivity contribution in [1.82, 2.24) is 9.55 Å². The van der Waals surface area contributed by atoms with Gasteiger partial charge in [0.2, 0.25) is 0 Å². The zero-order valence-electron chi connectivity index (χ0n) is 10.6. The van der Waals surface area contributed by atoms with Gasteiger partial charge in [-0.2, -0.15) is 0 Å². The topological polar surface area (TPSA) is 17.8 Å². The van der Waals surface area contributed by atoms with Gasteiger partial charge in [-0.25, -0.2) is 4.98 Å². The third-order valence-electron chi connectivity index (χ3n) is 3.40. The highest BCUT2D eigenvalue weighted by atomic mass is 15.1. The summed E-state index contributed by atoms with van der Waals surface area (Å²) in [5, 5.41) is 0. The third kappa shape index (κ3) is 1.97. The molecule has 1 heterocycles. The number of hydrogen-bond acceptors (Lipinski definition) is 1. The zero-order chi connectivity index (χ0) is 11.8. The summed E-state index contributed by atoms with van der Waals surface area (Å²) in [6.07, 6.45) is 11.4. The molecule has 1 aromatic rings. The Hall–Kier alpha value is -1.31. The van der Waals surface area contributed by atoms with Crippen LogP contribution in [0.5, 0.6) is 0 Å². The van der Waals surface area contributed by atoms with E-state index in [-0.39, 0.29) is 5.41 Å². The van der Waals surface area contributed by atoms with Crippen LogP contribution >= 0.6 is 0 Å². The first kappa shape index (κ1) is 11.2. The van der Waals surface area contributed by atoms with Crippen molar-refractivity contribution in [3.05, 3.63) is 36.4 Å². The van der Waals surface area contributed by atoms with E-state index in [4.69, 9.17) is 0 Å². The molecule has 0 N–H and O–H groups in total. The molecule has 0 saturated carbocycles. The Labute approximate surface area is 97.7 Å². The molecule has 2 rings (SSSR count). The number of hydrogen-bond donors (Lipinski definition) is 0. The molecule has 16 heavy (non-hydrogen) atoms. The van der Waals surface area contributed by atoms with Gasteiger partial charge in [0, 0.05) is 18.4 Å². The molecule has 0 fully saturated rings. The lowest BCUT2D eigenvalue weighted by atomic mass is 9.87. The van der Waals surface area contributed by atoms with Crippen molar-refractivity contribution < 1.29 is 0 Å². The standard InChI is InChI=1S/C14H20N2/c1-11(14(2,3)4)16-10-9-15-13(16)12-7-5-6-8-12/h5-7,9-11H,8H2,1-4H3/t11-/m0/s1. The van der Waals surface area contributed by atoms with Crippen LogP contribution in [0.25, 0.3) is 5.57 Å². The first-order chi connectivity index (χ1) is 7.50. The smallest absolute Gasteiger partial charge is 0.136 e. The summed E-state index contributed by atoms with van der Waals surface area (Å²) in [4.78, 5) is 4.49. The van der Waals surface area contributed by atoms with E-state index in [1.54, 1.807) is 0 Å². The second kappa shape index (κ2) is 3.93. The maximum atomic E-state index is 4.49. The minimum atomic E-state index is 0.252. The van der Waals surface area contributed by atoms with Gasteiger partial charge in [-0.3, -0.25) is 0 Å². The summed E-state index contributed by atoms with van der Waals surface area (Å²) in [5.74, 6) is 1.12. The molecule has 0 unspecified atom stereocenters. The lowest BCUT2D eigenvalue weighted by Crippen LogP contribution is -2.22. The van der Waals surface area contributed by atoms with E-state index in [0.29, 0.717) is 6.04 Å². The maximum absolute atomic E-state index is 4.49. The van der Waals surface area contributed by atoms with Crippen molar-refractivity contribution in [2.45, 2.75) is 40.2 Å². The fourth-order valence-electron chi connectivity index (χ4n) is 1.90. The van der Waals surface area contributed by atoms with Crippen LogP contribution in [0.2, 0.25) is 0 Å². The summed E-state index contributed by atoms with van der Waals surface area (Å²) in [6.45, 7) is 9.06. The predicted molar refractivity (Wildman–Crippen MR) is 68.1 cm³/mol. The van der Waals surface area contributed by atoms with Gasteiger partial charge in [0.1, 0.15) is 5.82 Å². The highest BCUT2D eigenvalue weighted by Crippen LogP contribution is 2.33. The highest BCUT2D eigenvalue weighted by Gasteiger charge is 2.24. The van der Waals surface area contributed by atoms with Crippen molar-refractivity contribution in [2.24, 2.45) is 5.41 Å². The van der Waals surface area contributed by atoms with Gasteiger partial charge in [0.25, 0.3) is 0 Å². The summed E-state index contributed by atoms with van der Waals surface area (Å²) < 4.78 is 2.29. The fraction of sp³-hybridized carbons (Fsp3) is 0.500. The van der Waals surface area contributed by atoms with Crippen LogP contribution in [0.4, 0.5) is 0 Å². The van der Waals surface area contributed by atoms with Crippen molar-refractivity contribution in [1.29, 1.82) is 0 Å². The summed E-state index contributed by atoms with van der Waals surface area (Å²) in [7, 11) is 0. The number of allylic oxidation sites excluding steroid dienone is 4. The summed E-state index contributed by atoms with van der Waals surface area (Å²) >= 11 is 0. The second-order valence-corrected chi connectivity index (χ2v) is 5.52. The van der Waals surface area contributed by atoms with Gasteiger partial charge < -0.3 is 4.57 Å². The predicted octanol–water partition coefficient (Wildman–Crippen LogP) is 3.83. The molecule has 2 nitrogen and oxygen atoms in total. The van der Waals surface area contributed by atoms with Crippen molar-refractivity contribution in [3.8, 4) is 0 Å². The molecule has 86 valence electrons. The lowest BCUT2D eigenvalue weighted by Gasteiger charge is -2.29. The van der Waals surface area contributed by atoms with Crippen LogP contribution in [-0.2, 0) is 0 Å². The molecule has 1 aromatic heterocycles. The Morgan fingerprint density at radius 3 is 2.69 bits per heavy atom. The Morgan fingerprint density at radius 2 is 2.12 bits per heavy atom. The van der Waals surface area contributed by atoms with Crippen LogP contribution in [0.1, 0.15) is 46.0 Å². The Morgan fingerprint density at radius 1 is 1.38 bits per heavy atom. The zero-order valence-corrected chi connectivity index (χ0v) is 10.6. The quantitative estimate of drug-likeness (QED) is 0.734. The molecule has 0 saturated heterocycles. The van der Waals surface area contributed by atoms with Gasteiger partial charge in [-0.15, -0.1) is 0 Å². The summed E-state index contributed by atoms with van der Waals surface area (Å²) in [5.41, 5.74) is 1.57. The Kier molecular flexibility index (Phi) is 2.75. The molecule has 2 heteroatoms. The van der Waals surface area contributed by atoms with Crippen LogP contribution in [0, 0.1) is 5.41 Å². The van der Waals surface area contributed by atoms with Crippen LogP contribution < -0.4 is 0 Å². The van der Waals surface area contributed by atoms with Gasteiger partial charge in [-0.05, 0) is 24.3 Å². The van der Waals surface area contributed by atoms with E-state index in [2.05, 4.69) is 61.7 Å². The van der Waals surface area contributed by atoms with Gasteiger partial charge >= 0.3 is 0 Å². The van der Waals surface area contributed by atoms with E-state index in [9.17, 15) is 0 Å². The highest BCUT2D eigenvalue weighted by molar-refractivity contribution is 5.66. The SMILES string of the molecule is C[C@H](n1ccnc1C1=CC=CC1)C(C)(C)C. The largest absolute Gasteiger partial charge is 0.328 e. The van der Waals surface area contributed by atoms with Crippen molar-refractivity contribution >= 4 is 5.57 Å². The van der Waals surface area contributed by atoms with E-state index >= 15 is 0 Å². The molecule has 0 bridgehead atoms. The molecule has 0 amide bonds. The molecule has 1 aliphatic carbocycles. The van der Waals surface area contributed by atoms with Gasteiger partial charge in [-0.1, -0.05) is 39.0 Å². The van der Waals surface area contributed by atoms with Crippen LogP contribution in [0.3, 0.4) is 0 Å². The first-order valence-corrected chi connectivity index (χ1v) is 5.89. The third-order valence-corrected chi connectivity index (χ3v) is 3.40. The molecule has 1 aliphatic rings. The van der Waals surface area contributed by atoms with Gasteiger partial charge in [0.05, 0.1) is 0 Å². The molecule has 0 aromatic carbocycles. The normalized spacial score (nSPS) is 17.6. The van der Waals surface area contributed by atoms with E-state index in [0.717, 1.165) is 12.2 Å². The van der Waals surface area contributed by atoms with E-state index < -0.39 is 0 Å². The number of imidazole rings is 1. The lowest BCUT2D eigenvalue weighted by molar-refractivity contribution is 0.261. The molecule has 0 spiro atoms. The minimum absolute atomic E-state index is 0.252. The second-order valence-electron chi connectivity index (χ2n) is 5.52. The molecular weight excluding hydrogens is 196 g/mol. The monoisotopic (exact) mass is 216 g/mol. The van der Waals surface area contributed by atoms with E-state index in [1.807, 2.05) is 6.20 Å². The number of aromatic nitrogens is 2. The molecular formula is C14H20N2. The Balaban J connectivity index is 2.33. The number of nitrogens with zero attached hydrogens (tertiary/aromatic N) is 2. The first-order valence-electron chi connectivity index (χ1n) is 5.89. The van der Waals surface area contributed by atoms with Crippen LogP contribution in [-0.4, -0.2) is 9.55 Å². The molecule has 1 atom stereocenters. The van der Waals surface area contributed by atoms with Crippen molar-refractivity contribution in [3.63, 3.8) is 0 Å². The molecule has 0 radical (unpaired) electrons. The average molecular weight is 216 g/mol. The Bertz CT molecular complexity index is 430. The summed E-state index contributed by atoms with van der Waals surface area (Å²) in [6, 6.07) is 0.450. The van der Waals surface area contributed by atoms with E-state index in [1.165, 1.54) is 5.57 Å². The van der Waals surface area contributed by atoms with Crippen LogP contribution in [0.15, 0.2) is 30.6 Å². The van der Waals surface area contributed by atoms with Gasteiger partial charge in [0.15, 0.2) is 0 Å². The average Bonchev–Trinajstić information content (AvgIpc) is 2.85. The fourth-order valence-corrected chi connectivity index (χ4v) is 1.90. The number of rotatable bonds is 2. The molecule has 0 aliphatic heterocycles. The maximum Gasteiger partial charge on any atom is 0.136 e. The minimum Gasteiger partial charge on any atom is -0.328 e.